The topological polar surface area (TPSA) is 121 Å². The van der Waals surface area contributed by atoms with Gasteiger partial charge in [0.25, 0.3) is 0 Å². The van der Waals surface area contributed by atoms with Crippen molar-refractivity contribution in [2.45, 2.75) is 13.8 Å². The second-order valence-electron chi connectivity index (χ2n) is 1.55. The van der Waals surface area contributed by atoms with Gasteiger partial charge in [0.2, 0.25) is 0 Å². The Balaban J connectivity index is -0.0000000546. The van der Waals surface area contributed by atoms with Crippen molar-refractivity contribution in [3.05, 3.63) is 0 Å². The summed E-state index contributed by atoms with van der Waals surface area (Å²) in [7, 11) is 0. The molecule has 6 nitrogen and oxygen atoms in total. The van der Waals surface area contributed by atoms with Crippen molar-refractivity contribution in [1.29, 1.82) is 0 Å². The van der Waals surface area contributed by atoms with Crippen LogP contribution in [0.2, 0.25) is 0 Å². The monoisotopic (exact) mass is 181 g/mol. The molecule has 0 amide bonds. The van der Waals surface area contributed by atoms with Gasteiger partial charge in [0.1, 0.15) is 0 Å². The maximum atomic E-state index is 9.04. The van der Waals surface area contributed by atoms with Crippen LogP contribution in [0.3, 0.4) is 0 Å². The molecule has 0 aliphatic rings. The molecule has 0 fully saturated rings. The highest BCUT2D eigenvalue weighted by Crippen LogP contribution is 1.49. The van der Waals surface area contributed by atoms with Crippen LogP contribution < -0.4 is 10.4 Å². The highest BCUT2D eigenvalue weighted by molar-refractivity contribution is 6.26. The maximum absolute atomic E-state index is 9.04. The Morgan fingerprint density at radius 1 is 1.42 bits per heavy atom. The first kappa shape index (κ1) is 17.1. The number of rotatable bonds is 2. The normalized spacial score (nSPS) is 7.17. The zero-order valence-corrected chi connectivity index (χ0v) is 7.09. The van der Waals surface area contributed by atoms with Crippen molar-refractivity contribution >= 4 is 11.9 Å². The summed E-state index contributed by atoms with van der Waals surface area (Å²) in [5.74, 6) is -4.01. The predicted octanol–water partition coefficient (Wildman–Crippen LogP) is -2.28. The van der Waals surface area contributed by atoms with Gasteiger partial charge in [-0.1, -0.05) is 13.8 Å². The van der Waals surface area contributed by atoms with Gasteiger partial charge >= 0.3 is 7.40 Å². The van der Waals surface area contributed by atoms with E-state index >= 15 is 0 Å². The van der Waals surface area contributed by atoms with E-state index in [0.717, 1.165) is 13.1 Å². The van der Waals surface area contributed by atoms with Crippen LogP contribution in [0.5, 0.6) is 0 Å². The Morgan fingerprint density at radius 2 is 1.67 bits per heavy atom. The fourth-order valence-electron chi connectivity index (χ4n) is 0.250. The molecular formula is C6H15NO5. The molecule has 0 aromatic rings. The molecule has 0 rings (SSSR count). The van der Waals surface area contributed by atoms with Crippen LogP contribution >= 0.6 is 0 Å². The Bertz CT molecular complexity index is 116. The molecule has 0 bridgehead atoms. The van der Waals surface area contributed by atoms with Crippen LogP contribution in [0.15, 0.2) is 0 Å². The van der Waals surface area contributed by atoms with Gasteiger partial charge in [0.05, 0.1) is 0 Å². The predicted molar refractivity (Wildman–Crippen MR) is 41.6 cm³/mol. The van der Waals surface area contributed by atoms with Crippen LogP contribution in [-0.4, -0.2) is 35.6 Å². The summed E-state index contributed by atoms with van der Waals surface area (Å²) in [6.07, 6.45) is 0. The van der Waals surface area contributed by atoms with Gasteiger partial charge in [0.15, 0.2) is 5.97 Å². The van der Waals surface area contributed by atoms with Crippen molar-refractivity contribution in [2.24, 2.45) is 0 Å². The van der Waals surface area contributed by atoms with Crippen molar-refractivity contribution in [3.63, 3.8) is 0 Å². The second-order valence-corrected chi connectivity index (χ2v) is 1.55. The third kappa shape index (κ3) is 23.2. The van der Waals surface area contributed by atoms with Crippen LogP contribution in [0.4, 0.5) is 0 Å². The fraction of sp³-hybridized carbons (Fsp3) is 0.667. The lowest BCUT2D eigenvalue weighted by Gasteiger charge is -1.86. The summed E-state index contributed by atoms with van der Waals surface area (Å²) in [6.45, 7) is 6.39. The molecule has 0 radical (unpaired) electrons. The summed E-state index contributed by atoms with van der Waals surface area (Å²) in [6, 6.07) is 0. The van der Waals surface area contributed by atoms with Crippen molar-refractivity contribution in [2.75, 3.05) is 13.1 Å². The number of hydrogen-bond acceptors (Lipinski definition) is 4. The third-order valence-electron chi connectivity index (χ3n) is 0.675. The van der Waals surface area contributed by atoms with E-state index < -0.39 is 11.9 Å². The van der Waals surface area contributed by atoms with Crippen LogP contribution in [0.1, 0.15) is 15.3 Å². The minimum absolute atomic E-state index is 0. The first-order valence-corrected chi connectivity index (χ1v) is 3.21. The smallest absolute Gasteiger partial charge is 0.539 e. The number of aliphatic carboxylic acids is 2. The minimum Gasteiger partial charge on any atom is -0.539 e. The average Bonchev–Trinajstić information content (AvgIpc) is 1.90. The van der Waals surface area contributed by atoms with E-state index in [4.69, 9.17) is 19.8 Å². The van der Waals surface area contributed by atoms with Crippen molar-refractivity contribution < 1.29 is 26.7 Å². The Morgan fingerprint density at radius 3 is 1.67 bits per heavy atom. The number of carboxylic acid groups (broad SMARTS) is 2. The Kier molecular flexibility index (Phi) is 17.8. The van der Waals surface area contributed by atoms with Gasteiger partial charge in [-0.25, -0.2) is 4.79 Å². The quantitative estimate of drug-likeness (QED) is 0.465. The zero-order chi connectivity index (χ0) is 9.28. The van der Waals surface area contributed by atoms with E-state index in [2.05, 4.69) is 19.2 Å². The number of carbonyl (C=O) groups is 2. The molecule has 0 spiro atoms. The highest BCUT2D eigenvalue weighted by Gasteiger charge is 1.90. The molecule has 0 atom stereocenters. The van der Waals surface area contributed by atoms with Crippen LogP contribution in [-0.2, 0) is 9.59 Å². The average molecular weight is 181 g/mol. The Labute approximate surface area is 72.0 Å². The van der Waals surface area contributed by atoms with Gasteiger partial charge in [-0.2, -0.15) is 0 Å². The fourth-order valence-corrected chi connectivity index (χ4v) is 0.250. The molecule has 0 saturated carbocycles. The molecule has 0 aromatic heterocycles. The molecule has 12 heavy (non-hydrogen) atoms. The van der Waals surface area contributed by atoms with E-state index in [-0.39, 0.29) is 6.90 Å². The third-order valence-corrected chi connectivity index (χ3v) is 0.675. The lowest BCUT2D eigenvalue weighted by molar-refractivity contribution is -0.303. The summed E-state index contributed by atoms with van der Waals surface area (Å²) in [4.78, 5) is 18.0. The lowest BCUT2D eigenvalue weighted by atomic mass is 10.7. The van der Waals surface area contributed by atoms with Crippen LogP contribution in [0, 0.1) is 0 Å². The highest BCUT2D eigenvalue weighted by atomic mass is 16.4. The molecule has 0 aromatic carbocycles. The lowest BCUT2D eigenvalue weighted by Crippen LogP contribution is -2.30. The zero-order valence-electron chi connectivity index (χ0n) is 8.09. The standard InChI is InChI=1S/C4H11N.C2H2O4.H2O/c1-3-5-4-2;3-1(4)2(5)6;/h5H,3-4H2,1-2H3;(H,3,4)(H,5,6);1H2. The summed E-state index contributed by atoms with van der Waals surface area (Å²) < 4.78 is 0. The first-order chi connectivity index (χ1) is 5.06. The minimum atomic E-state index is -2.07. The maximum Gasteiger partial charge on any atom is 1.00 e. The molecule has 74 valence electrons. The van der Waals surface area contributed by atoms with E-state index in [9.17, 15) is 0 Å². The van der Waals surface area contributed by atoms with Crippen molar-refractivity contribution in [3.8, 4) is 0 Å². The van der Waals surface area contributed by atoms with E-state index in [1.807, 2.05) is 0 Å². The number of carbonyl (C=O) groups excluding carboxylic acids is 1. The summed E-state index contributed by atoms with van der Waals surface area (Å²) in [5, 5.41) is 19.4. The molecule has 0 saturated heterocycles. The van der Waals surface area contributed by atoms with Gasteiger partial charge in [-0.05, 0) is 13.1 Å². The number of hydrogen-bond donors (Lipinski definition) is 2. The first-order valence-electron chi connectivity index (χ1n) is 3.21. The second kappa shape index (κ2) is 12.5. The van der Waals surface area contributed by atoms with E-state index in [0.29, 0.717) is 0 Å². The molecule has 6 heteroatoms. The Hall–Kier alpha value is -1.14. The SMILES string of the molecule is CCNCC.O.O=C([O-])C(=O)O.[H+]. The van der Waals surface area contributed by atoms with E-state index in [1.54, 1.807) is 0 Å². The van der Waals surface area contributed by atoms with Gasteiger partial charge in [0, 0.05) is 0 Å². The van der Waals surface area contributed by atoms with Gasteiger partial charge in [-0.15, -0.1) is 0 Å². The van der Waals surface area contributed by atoms with Gasteiger partial charge in [-0.3, -0.25) is 0 Å². The van der Waals surface area contributed by atoms with Crippen molar-refractivity contribution in [1.82, 2.24) is 5.32 Å². The summed E-state index contributed by atoms with van der Waals surface area (Å²) >= 11 is 0. The number of carboxylic acids is 2. The van der Waals surface area contributed by atoms with E-state index in [1.165, 1.54) is 0 Å². The molecular weight excluding hydrogens is 166 g/mol. The number of nitrogens with one attached hydrogen (secondary N) is 1. The largest absolute Gasteiger partial charge is 1.00 e. The molecule has 0 aliphatic carbocycles. The van der Waals surface area contributed by atoms with Gasteiger partial charge < -0.3 is 25.8 Å². The molecule has 0 aliphatic heterocycles. The molecule has 0 heterocycles. The molecule has 4 N–H and O–H groups in total. The summed E-state index contributed by atoms with van der Waals surface area (Å²) in [5.41, 5.74) is 0. The van der Waals surface area contributed by atoms with Crippen LogP contribution in [0.25, 0.3) is 0 Å². The molecule has 0 unspecified atom stereocenters.